The van der Waals surface area contributed by atoms with Crippen LogP contribution in [0.1, 0.15) is 18.1 Å². The normalized spacial score (nSPS) is 11.3. The van der Waals surface area contributed by atoms with Crippen LogP contribution in [0.3, 0.4) is 0 Å². The van der Waals surface area contributed by atoms with Crippen LogP contribution in [0.4, 0.5) is 0 Å². The number of thioether (sulfide) groups is 1. The van der Waals surface area contributed by atoms with Crippen molar-refractivity contribution < 1.29 is 0 Å². The van der Waals surface area contributed by atoms with E-state index in [4.69, 9.17) is 0 Å². The molecule has 2 aromatic heterocycles. The molecule has 0 aliphatic carbocycles. The van der Waals surface area contributed by atoms with E-state index >= 15 is 0 Å². The number of hydrogen-bond donors (Lipinski definition) is 0. The second-order valence-corrected chi connectivity index (χ2v) is 7.01. The van der Waals surface area contributed by atoms with Crippen molar-refractivity contribution in [1.82, 2.24) is 18.7 Å². The second-order valence-electron chi connectivity index (χ2n) is 5.78. The Bertz CT molecular complexity index is 1010. The third-order valence-electron chi connectivity index (χ3n) is 4.05. The maximum atomic E-state index is 12.9. The van der Waals surface area contributed by atoms with Crippen LogP contribution in [0.5, 0.6) is 0 Å². The van der Waals surface area contributed by atoms with Crippen LogP contribution in [0.25, 0.3) is 11.2 Å². The fourth-order valence-electron chi connectivity index (χ4n) is 2.70. The van der Waals surface area contributed by atoms with E-state index in [0.717, 1.165) is 22.0 Å². The Labute approximate surface area is 143 Å². The standard InChI is InChI=1S/C17H20N4O2S/c1-5-24-16-18-14-13(19(16)3)15(22)21(17(23)20(14)4)10-12-8-6-11(2)7-9-12/h6-9H,5,10H2,1-4H3. The Morgan fingerprint density at radius 3 is 2.38 bits per heavy atom. The zero-order valence-electron chi connectivity index (χ0n) is 14.2. The molecular formula is C17H20N4O2S. The first-order valence-electron chi connectivity index (χ1n) is 7.78. The Morgan fingerprint density at radius 1 is 1.08 bits per heavy atom. The van der Waals surface area contributed by atoms with Crippen molar-refractivity contribution in [2.75, 3.05) is 5.75 Å². The van der Waals surface area contributed by atoms with Gasteiger partial charge in [0.25, 0.3) is 5.56 Å². The van der Waals surface area contributed by atoms with Gasteiger partial charge in [0, 0.05) is 14.1 Å². The Balaban J connectivity index is 2.21. The van der Waals surface area contributed by atoms with E-state index in [2.05, 4.69) is 4.98 Å². The highest BCUT2D eigenvalue weighted by molar-refractivity contribution is 7.99. The van der Waals surface area contributed by atoms with E-state index in [-0.39, 0.29) is 17.8 Å². The second kappa shape index (κ2) is 6.32. The van der Waals surface area contributed by atoms with E-state index in [0.29, 0.717) is 11.2 Å². The molecule has 0 aliphatic rings. The van der Waals surface area contributed by atoms with Gasteiger partial charge in [-0.3, -0.25) is 13.9 Å². The van der Waals surface area contributed by atoms with Gasteiger partial charge in [-0.25, -0.2) is 9.78 Å². The third-order valence-corrected chi connectivity index (χ3v) is 4.97. The molecule has 0 unspecified atom stereocenters. The van der Waals surface area contributed by atoms with Gasteiger partial charge in [0.15, 0.2) is 16.3 Å². The monoisotopic (exact) mass is 344 g/mol. The summed E-state index contributed by atoms with van der Waals surface area (Å²) in [6, 6.07) is 7.83. The molecule has 0 amide bonds. The maximum Gasteiger partial charge on any atom is 0.332 e. The first kappa shape index (κ1) is 16.6. The maximum absolute atomic E-state index is 12.9. The zero-order chi connectivity index (χ0) is 17.4. The lowest BCUT2D eigenvalue weighted by atomic mass is 10.1. The SMILES string of the molecule is CCSc1nc2c(c(=O)n(Cc3ccc(C)cc3)c(=O)n2C)n1C. The minimum Gasteiger partial charge on any atom is -0.316 e. The van der Waals surface area contributed by atoms with Crippen molar-refractivity contribution in [1.29, 1.82) is 0 Å². The molecule has 126 valence electrons. The van der Waals surface area contributed by atoms with Crippen molar-refractivity contribution in [3.63, 3.8) is 0 Å². The fraction of sp³-hybridized carbons (Fsp3) is 0.353. The highest BCUT2D eigenvalue weighted by Crippen LogP contribution is 2.19. The minimum absolute atomic E-state index is 0.253. The molecule has 0 N–H and O–H groups in total. The predicted molar refractivity (Wildman–Crippen MR) is 96.9 cm³/mol. The van der Waals surface area contributed by atoms with E-state index in [1.54, 1.807) is 23.4 Å². The molecule has 24 heavy (non-hydrogen) atoms. The van der Waals surface area contributed by atoms with Gasteiger partial charge in [-0.05, 0) is 18.2 Å². The van der Waals surface area contributed by atoms with Crippen LogP contribution in [-0.2, 0) is 20.6 Å². The van der Waals surface area contributed by atoms with Crippen LogP contribution < -0.4 is 11.2 Å². The van der Waals surface area contributed by atoms with E-state index in [9.17, 15) is 9.59 Å². The zero-order valence-corrected chi connectivity index (χ0v) is 15.1. The Morgan fingerprint density at radius 2 is 1.75 bits per heavy atom. The number of benzene rings is 1. The summed E-state index contributed by atoms with van der Waals surface area (Å²) in [5.74, 6) is 0.850. The smallest absolute Gasteiger partial charge is 0.316 e. The van der Waals surface area contributed by atoms with E-state index in [1.165, 1.54) is 9.13 Å². The van der Waals surface area contributed by atoms with Gasteiger partial charge in [-0.1, -0.05) is 48.5 Å². The third kappa shape index (κ3) is 2.69. The molecule has 0 aliphatic heterocycles. The van der Waals surface area contributed by atoms with Gasteiger partial charge in [-0.15, -0.1) is 0 Å². The summed E-state index contributed by atoms with van der Waals surface area (Å²) in [6.07, 6.45) is 0. The lowest BCUT2D eigenvalue weighted by Gasteiger charge is -2.09. The molecule has 3 aromatic rings. The summed E-state index contributed by atoms with van der Waals surface area (Å²) in [5, 5.41) is 0.743. The number of hydrogen-bond acceptors (Lipinski definition) is 4. The van der Waals surface area contributed by atoms with Gasteiger partial charge in [-0.2, -0.15) is 0 Å². The Kier molecular flexibility index (Phi) is 4.36. The predicted octanol–water partition coefficient (Wildman–Crippen LogP) is 1.90. The van der Waals surface area contributed by atoms with Crippen molar-refractivity contribution in [2.45, 2.75) is 25.5 Å². The van der Waals surface area contributed by atoms with Crippen molar-refractivity contribution in [3.8, 4) is 0 Å². The summed E-state index contributed by atoms with van der Waals surface area (Å²) < 4.78 is 4.50. The summed E-state index contributed by atoms with van der Waals surface area (Å²) in [4.78, 5) is 30.0. The molecule has 0 fully saturated rings. The fourth-order valence-corrected chi connectivity index (χ4v) is 3.39. The summed E-state index contributed by atoms with van der Waals surface area (Å²) >= 11 is 1.55. The molecule has 0 saturated heterocycles. The van der Waals surface area contributed by atoms with Crippen molar-refractivity contribution >= 4 is 22.9 Å². The number of aryl methyl sites for hydroxylation is 3. The summed E-state index contributed by atoms with van der Waals surface area (Å²) in [5.41, 5.74) is 2.31. The summed E-state index contributed by atoms with van der Waals surface area (Å²) in [7, 11) is 3.47. The molecule has 7 heteroatoms. The molecule has 2 heterocycles. The van der Waals surface area contributed by atoms with E-state index in [1.807, 2.05) is 45.2 Å². The van der Waals surface area contributed by atoms with Crippen molar-refractivity contribution in [2.24, 2.45) is 14.1 Å². The van der Waals surface area contributed by atoms with Gasteiger partial charge in [0.1, 0.15) is 0 Å². The lowest BCUT2D eigenvalue weighted by molar-refractivity contribution is 0.654. The molecule has 0 bridgehead atoms. The van der Waals surface area contributed by atoms with Gasteiger partial charge < -0.3 is 4.57 Å². The van der Waals surface area contributed by atoms with Gasteiger partial charge >= 0.3 is 5.69 Å². The molecule has 1 aromatic carbocycles. The average molecular weight is 344 g/mol. The first-order valence-corrected chi connectivity index (χ1v) is 8.77. The quantitative estimate of drug-likeness (QED) is 0.678. The van der Waals surface area contributed by atoms with Gasteiger partial charge in [0.05, 0.1) is 6.54 Å². The molecule has 0 saturated carbocycles. The van der Waals surface area contributed by atoms with Crippen LogP contribution >= 0.6 is 11.8 Å². The number of aromatic nitrogens is 4. The van der Waals surface area contributed by atoms with Crippen LogP contribution in [0, 0.1) is 6.92 Å². The highest BCUT2D eigenvalue weighted by atomic mass is 32.2. The van der Waals surface area contributed by atoms with Crippen LogP contribution in [0.2, 0.25) is 0 Å². The molecule has 3 rings (SSSR count). The molecule has 0 atom stereocenters. The van der Waals surface area contributed by atoms with Crippen LogP contribution in [-0.4, -0.2) is 24.4 Å². The van der Waals surface area contributed by atoms with Crippen LogP contribution in [0.15, 0.2) is 39.0 Å². The molecular weight excluding hydrogens is 324 g/mol. The average Bonchev–Trinajstić information content (AvgIpc) is 2.89. The van der Waals surface area contributed by atoms with Crippen molar-refractivity contribution in [3.05, 3.63) is 56.2 Å². The van der Waals surface area contributed by atoms with Gasteiger partial charge in [0.2, 0.25) is 0 Å². The number of nitrogens with zero attached hydrogens (tertiary/aromatic N) is 4. The number of rotatable bonds is 4. The number of imidazole rings is 1. The number of fused-ring (bicyclic) bond motifs is 1. The molecule has 0 radical (unpaired) electrons. The first-order chi connectivity index (χ1) is 11.4. The highest BCUT2D eigenvalue weighted by Gasteiger charge is 2.18. The molecule has 6 nitrogen and oxygen atoms in total. The van der Waals surface area contributed by atoms with E-state index < -0.39 is 0 Å². The Hall–Kier alpha value is -2.28. The topological polar surface area (TPSA) is 61.8 Å². The molecule has 0 spiro atoms. The lowest BCUT2D eigenvalue weighted by Crippen LogP contribution is -2.39. The summed E-state index contributed by atoms with van der Waals surface area (Å²) in [6.45, 7) is 4.28. The minimum atomic E-state index is -0.348. The largest absolute Gasteiger partial charge is 0.332 e.